The van der Waals surface area contributed by atoms with Crippen molar-refractivity contribution in [1.29, 1.82) is 0 Å². The molecule has 0 bridgehead atoms. The molecule has 1 aromatic rings. The van der Waals surface area contributed by atoms with Gasteiger partial charge in [0.05, 0.1) is 5.75 Å². The first kappa shape index (κ1) is 14.8. The van der Waals surface area contributed by atoms with E-state index in [1.165, 1.54) is 50.5 Å². The van der Waals surface area contributed by atoms with E-state index in [4.69, 9.17) is 5.11 Å². The average Bonchev–Trinajstić information content (AvgIpc) is 3.02. The van der Waals surface area contributed by atoms with Crippen molar-refractivity contribution < 1.29 is 9.90 Å². The monoisotopic (exact) mass is 310 g/mol. The van der Waals surface area contributed by atoms with Crippen LogP contribution < -0.4 is 0 Å². The van der Waals surface area contributed by atoms with E-state index in [1.807, 2.05) is 0 Å². The number of rotatable bonds is 8. The van der Waals surface area contributed by atoms with E-state index in [2.05, 4.69) is 19.7 Å². The van der Waals surface area contributed by atoms with Crippen molar-refractivity contribution in [2.45, 2.75) is 49.7 Å². The predicted molar refractivity (Wildman–Crippen MR) is 80.6 cm³/mol. The topological polar surface area (TPSA) is 71.2 Å². The van der Waals surface area contributed by atoms with Gasteiger partial charge in [-0.1, -0.05) is 11.8 Å². The standard InChI is InChI=1S/C14H22N4O2S/c19-12(20)10-21-14-16-15-13(11-4-5-11)18(14)9-3-8-17-6-1-2-7-17/h11H,1-10H2,(H,19,20). The van der Waals surface area contributed by atoms with Crippen molar-refractivity contribution in [3.8, 4) is 0 Å². The fraction of sp³-hybridized carbons (Fsp3) is 0.786. The maximum absolute atomic E-state index is 10.7. The quantitative estimate of drug-likeness (QED) is 0.739. The number of carbonyl (C=O) groups is 1. The molecule has 1 aromatic heterocycles. The number of hydrogen-bond donors (Lipinski definition) is 1. The fourth-order valence-electron chi connectivity index (χ4n) is 2.85. The van der Waals surface area contributed by atoms with Gasteiger partial charge in [-0.15, -0.1) is 10.2 Å². The van der Waals surface area contributed by atoms with Crippen LogP contribution in [0, 0.1) is 0 Å². The molecule has 0 radical (unpaired) electrons. The first-order chi connectivity index (χ1) is 10.2. The Morgan fingerprint density at radius 1 is 1.24 bits per heavy atom. The third-order valence-corrected chi connectivity index (χ3v) is 5.02. The summed E-state index contributed by atoms with van der Waals surface area (Å²) in [7, 11) is 0. The molecule has 2 aliphatic rings. The van der Waals surface area contributed by atoms with Gasteiger partial charge in [0.2, 0.25) is 0 Å². The first-order valence-corrected chi connectivity index (χ1v) is 8.72. The molecule has 0 aromatic carbocycles. The molecule has 0 amide bonds. The highest BCUT2D eigenvalue weighted by molar-refractivity contribution is 7.99. The lowest BCUT2D eigenvalue weighted by Crippen LogP contribution is -2.22. The smallest absolute Gasteiger partial charge is 0.313 e. The highest BCUT2D eigenvalue weighted by atomic mass is 32.2. The minimum absolute atomic E-state index is 0.0505. The van der Waals surface area contributed by atoms with Gasteiger partial charge in [0.1, 0.15) is 5.82 Å². The van der Waals surface area contributed by atoms with Gasteiger partial charge in [-0.2, -0.15) is 0 Å². The average molecular weight is 310 g/mol. The zero-order chi connectivity index (χ0) is 14.7. The van der Waals surface area contributed by atoms with Gasteiger partial charge in [0.25, 0.3) is 0 Å². The van der Waals surface area contributed by atoms with Crippen LogP contribution in [0.15, 0.2) is 5.16 Å². The number of aliphatic carboxylic acids is 1. The summed E-state index contributed by atoms with van der Waals surface area (Å²) in [6, 6.07) is 0. The number of carboxylic acid groups (broad SMARTS) is 1. The van der Waals surface area contributed by atoms with Crippen LogP contribution in [0.4, 0.5) is 0 Å². The molecule has 21 heavy (non-hydrogen) atoms. The van der Waals surface area contributed by atoms with Crippen LogP contribution in [0.2, 0.25) is 0 Å². The summed E-state index contributed by atoms with van der Waals surface area (Å²) in [6.07, 6.45) is 6.10. The number of carboxylic acids is 1. The van der Waals surface area contributed by atoms with E-state index in [-0.39, 0.29) is 5.75 Å². The molecule has 116 valence electrons. The molecular weight excluding hydrogens is 288 g/mol. The van der Waals surface area contributed by atoms with Crippen LogP contribution in [0.25, 0.3) is 0 Å². The van der Waals surface area contributed by atoms with Crippen LogP contribution in [0.3, 0.4) is 0 Å². The Labute approximate surface area is 128 Å². The van der Waals surface area contributed by atoms with Crippen molar-refractivity contribution in [3.05, 3.63) is 5.82 Å². The Hall–Kier alpha value is -1.08. The lowest BCUT2D eigenvalue weighted by atomic mass is 10.3. The molecule has 1 saturated carbocycles. The fourth-order valence-corrected chi connectivity index (χ4v) is 3.54. The van der Waals surface area contributed by atoms with Gasteiger partial charge in [-0.25, -0.2) is 0 Å². The van der Waals surface area contributed by atoms with Gasteiger partial charge in [0.15, 0.2) is 5.16 Å². The Kier molecular flexibility index (Phi) is 4.80. The second-order valence-electron chi connectivity index (χ2n) is 5.85. The maximum Gasteiger partial charge on any atom is 0.313 e. The summed E-state index contributed by atoms with van der Waals surface area (Å²) in [4.78, 5) is 13.2. The lowest BCUT2D eigenvalue weighted by Gasteiger charge is -2.15. The van der Waals surface area contributed by atoms with Crippen molar-refractivity contribution in [2.75, 3.05) is 25.4 Å². The highest BCUT2D eigenvalue weighted by Gasteiger charge is 2.30. The minimum Gasteiger partial charge on any atom is -0.481 e. The molecule has 1 aliphatic heterocycles. The Morgan fingerprint density at radius 3 is 2.67 bits per heavy atom. The molecule has 0 spiro atoms. The normalized spacial score (nSPS) is 19.2. The zero-order valence-electron chi connectivity index (χ0n) is 12.2. The van der Waals surface area contributed by atoms with E-state index < -0.39 is 5.97 Å². The molecule has 7 heteroatoms. The molecule has 0 unspecified atom stereocenters. The van der Waals surface area contributed by atoms with Gasteiger partial charge < -0.3 is 14.6 Å². The SMILES string of the molecule is O=C(O)CSc1nnc(C2CC2)n1CCCN1CCCC1. The van der Waals surface area contributed by atoms with Crippen molar-refractivity contribution in [2.24, 2.45) is 0 Å². The van der Waals surface area contributed by atoms with Gasteiger partial charge in [-0.3, -0.25) is 4.79 Å². The summed E-state index contributed by atoms with van der Waals surface area (Å²) in [6.45, 7) is 4.46. The molecule has 2 heterocycles. The second kappa shape index (κ2) is 6.79. The van der Waals surface area contributed by atoms with E-state index in [1.54, 1.807) is 0 Å². The summed E-state index contributed by atoms with van der Waals surface area (Å²) >= 11 is 1.28. The number of thioether (sulfide) groups is 1. The summed E-state index contributed by atoms with van der Waals surface area (Å²) < 4.78 is 2.15. The lowest BCUT2D eigenvalue weighted by molar-refractivity contribution is -0.133. The van der Waals surface area contributed by atoms with Gasteiger partial charge in [0, 0.05) is 12.5 Å². The maximum atomic E-state index is 10.7. The first-order valence-electron chi connectivity index (χ1n) is 7.74. The Bertz CT molecular complexity index is 495. The molecule has 2 fully saturated rings. The zero-order valence-corrected chi connectivity index (χ0v) is 13.0. The van der Waals surface area contributed by atoms with Gasteiger partial charge >= 0.3 is 5.97 Å². The summed E-state index contributed by atoms with van der Waals surface area (Å²) in [5, 5.41) is 18.1. The predicted octanol–water partition coefficient (Wildman–Crippen LogP) is 1.82. The largest absolute Gasteiger partial charge is 0.481 e. The molecule has 1 aliphatic carbocycles. The molecule has 0 atom stereocenters. The number of hydrogen-bond acceptors (Lipinski definition) is 5. The Balaban J connectivity index is 1.59. The minimum atomic E-state index is -0.806. The molecule has 1 saturated heterocycles. The van der Waals surface area contributed by atoms with E-state index in [0.29, 0.717) is 5.92 Å². The van der Waals surface area contributed by atoms with Crippen molar-refractivity contribution >= 4 is 17.7 Å². The molecular formula is C14H22N4O2S. The van der Waals surface area contributed by atoms with Crippen molar-refractivity contribution in [3.63, 3.8) is 0 Å². The number of aromatic nitrogens is 3. The van der Waals surface area contributed by atoms with E-state index in [9.17, 15) is 4.79 Å². The van der Waals surface area contributed by atoms with Crippen LogP contribution in [-0.2, 0) is 11.3 Å². The number of nitrogens with zero attached hydrogens (tertiary/aromatic N) is 4. The summed E-state index contributed by atoms with van der Waals surface area (Å²) in [5.41, 5.74) is 0. The second-order valence-corrected chi connectivity index (χ2v) is 6.79. The molecule has 6 nitrogen and oxygen atoms in total. The Morgan fingerprint density at radius 2 is 2.00 bits per heavy atom. The van der Waals surface area contributed by atoms with E-state index >= 15 is 0 Å². The van der Waals surface area contributed by atoms with Gasteiger partial charge in [-0.05, 0) is 51.7 Å². The molecule has 3 rings (SSSR count). The summed E-state index contributed by atoms with van der Waals surface area (Å²) in [5.74, 6) is 0.849. The molecule has 1 N–H and O–H groups in total. The van der Waals surface area contributed by atoms with Crippen LogP contribution in [0.1, 0.15) is 43.8 Å². The number of likely N-dealkylation sites (tertiary alicyclic amines) is 1. The van der Waals surface area contributed by atoms with Crippen LogP contribution in [0.5, 0.6) is 0 Å². The third-order valence-electron chi connectivity index (χ3n) is 4.07. The van der Waals surface area contributed by atoms with Crippen LogP contribution in [-0.4, -0.2) is 56.1 Å². The highest BCUT2D eigenvalue weighted by Crippen LogP contribution is 2.40. The third kappa shape index (κ3) is 3.97. The van der Waals surface area contributed by atoms with Crippen LogP contribution >= 0.6 is 11.8 Å². The van der Waals surface area contributed by atoms with E-state index in [0.717, 1.165) is 30.5 Å². The van der Waals surface area contributed by atoms with Crippen molar-refractivity contribution in [1.82, 2.24) is 19.7 Å².